The van der Waals surface area contributed by atoms with Crippen LogP contribution in [0.2, 0.25) is 0 Å². The van der Waals surface area contributed by atoms with E-state index in [-0.39, 0.29) is 12.0 Å². The van der Waals surface area contributed by atoms with E-state index in [2.05, 4.69) is 9.84 Å². The number of hydrogen-bond acceptors (Lipinski definition) is 6. The van der Waals surface area contributed by atoms with Gasteiger partial charge in [-0.3, -0.25) is 9.59 Å². The molecule has 8 heteroatoms. The summed E-state index contributed by atoms with van der Waals surface area (Å²) < 4.78 is 11.2. The highest BCUT2D eigenvalue weighted by molar-refractivity contribution is 5.96. The monoisotopic (exact) mass is 298 g/mol. The molecule has 1 aliphatic heterocycles. The smallest absolute Gasteiger partial charge is 0.305 e. The Morgan fingerprint density at radius 2 is 2.10 bits per heavy atom. The Bertz CT molecular complexity index is 475. The highest BCUT2D eigenvalue weighted by Gasteiger charge is 2.21. The van der Waals surface area contributed by atoms with Gasteiger partial charge >= 0.3 is 5.97 Å². The van der Waals surface area contributed by atoms with Crippen molar-refractivity contribution in [2.24, 2.45) is 5.73 Å². The Balaban J connectivity index is 0.000000315. The number of carbonyl (C=O) groups is 2. The normalized spacial score (nSPS) is 15.0. The topological polar surface area (TPSA) is 122 Å². The first-order valence-corrected chi connectivity index (χ1v) is 6.78. The lowest BCUT2D eigenvalue weighted by molar-refractivity contribution is -0.140. The van der Waals surface area contributed by atoms with Crippen LogP contribution in [0.4, 0.5) is 5.82 Å². The number of nitrogens with zero attached hydrogens (tertiary/aromatic N) is 2. The molecule has 0 atom stereocenters. The van der Waals surface area contributed by atoms with E-state index in [0.29, 0.717) is 31.0 Å². The van der Waals surface area contributed by atoms with E-state index in [0.717, 1.165) is 12.8 Å². The number of hydrogen-bond donors (Lipinski definition) is 2. The van der Waals surface area contributed by atoms with Crippen molar-refractivity contribution in [1.82, 2.24) is 9.78 Å². The fourth-order valence-electron chi connectivity index (χ4n) is 1.93. The Kier molecular flexibility index (Phi) is 6.67. The lowest BCUT2D eigenvalue weighted by atomic mass is 10.1. The van der Waals surface area contributed by atoms with Crippen molar-refractivity contribution in [3.63, 3.8) is 0 Å². The lowest BCUT2D eigenvalue weighted by Gasteiger charge is -2.23. The molecule has 2 rings (SSSR count). The van der Waals surface area contributed by atoms with Crippen LogP contribution in [0.15, 0.2) is 6.20 Å². The summed E-state index contributed by atoms with van der Waals surface area (Å²) in [5.74, 6) is -0.338. The molecule has 1 amide bonds. The van der Waals surface area contributed by atoms with Crippen LogP contribution in [0.3, 0.4) is 0 Å². The molecule has 0 radical (unpaired) electrons. The molecule has 1 aliphatic rings. The van der Waals surface area contributed by atoms with Gasteiger partial charge in [-0.2, -0.15) is 5.10 Å². The van der Waals surface area contributed by atoms with Crippen LogP contribution < -0.4 is 11.5 Å². The average Bonchev–Trinajstić information content (AvgIpc) is 2.89. The van der Waals surface area contributed by atoms with Crippen molar-refractivity contribution in [1.29, 1.82) is 0 Å². The maximum absolute atomic E-state index is 11.0. The third-order valence-corrected chi connectivity index (χ3v) is 3.15. The number of ether oxygens (including phenoxy) is 2. The van der Waals surface area contributed by atoms with E-state index < -0.39 is 5.91 Å². The van der Waals surface area contributed by atoms with Crippen molar-refractivity contribution < 1.29 is 19.1 Å². The summed E-state index contributed by atoms with van der Waals surface area (Å²) in [6, 6.07) is 0.215. The quantitative estimate of drug-likeness (QED) is 0.783. The largest absolute Gasteiger partial charge is 0.469 e. The summed E-state index contributed by atoms with van der Waals surface area (Å²) in [7, 11) is 1.38. The van der Waals surface area contributed by atoms with Crippen LogP contribution in [0, 0.1) is 0 Å². The van der Waals surface area contributed by atoms with E-state index in [1.807, 2.05) is 0 Å². The van der Waals surface area contributed by atoms with Crippen molar-refractivity contribution in [2.45, 2.75) is 32.2 Å². The third-order valence-electron chi connectivity index (χ3n) is 3.15. The number of amides is 1. The van der Waals surface area contributed by atoms with Gasteiger partial charge in [0.1, 0.15) is 11.4 Å². The number of nitrogens with two attached hydrogens (primary N) is 2. The van der Waals surface area contributed by atoms with Gasteiger partial charge in [0.05, 0.1) is 19.3 Å². The number of methoxy groups -OCH3 is 1. The SMILES string of the molecule is CCC(=O)OC.NC(=O)c1cnn(C2CCOCC2)c1N. The van der Waals surface area contributed by atoms with Gasteiger partial charge in [-0.1, -0.05) is 6.92 Å². The molecule has 1 aromatic rings. The third kappa shape index (κ3) is 4.75. The molecule has 1 aromatic heterocycles. The van der Waals surface area contributed by atoms with Gasteiger partial charge in [-0.05, 0) is 12.8 Å². The molecule has 0 aromatic carbocycles. The number of aromatic nitrogens is 2. The highest BCUT2D eigenvalue weighted by Crippen LogP contribution is 2.24. The maximum Gasteiger partial charge on any atom is 0.305 e. The molecular weight excluding hydrogens is 276 g/mol. The lowest BCUT2D eigenvalue weighted by Crippen LogP contribution is -2.22. The molecule has 1 saturated heterocycles. The molecule has 1 fully saturated rings. The minimum Gasteiger partial charge on any atom is -0.469 e. The van der Waals surface area contributed by atoms with Crippen LogP contribution >= 0.6 is 0 Å². The minimum absolute atomic E-state index is 0.157. The second-order valence-electron chi connectivity index (χ2n) is 4.53. The fourth-order valence-corrected chi connectivity index (χ4v) is 1.93. The average molecular weight is 298 g/mol. The van der Waals surface area contributed by atoms with Crippen molar-refractivity contribution in [3.05, 3.63) is 11.8 Å². The Labute approximate surface area is 123 Å². The van der Waals surface area contributed by atoms with Crippen molar-refractivity contribution >= 4 is 17.7 Å². The zero-order valence-electron chi connectivity index (χ0n) is 12.4. The highest BCUT2D eigenvalue weighted by atomic mass is 16.5. The van der Waals surface area contributed by atoms with Gasteiger partial charge in [0.2, 0.25) is 0 Å². The predicted molar refractivity (Wildman–Crippen MR) is 76.6 cm³/mol. The van der Waals surface area contributed by atoms with Crippen molar-refractivity contribution in [3.8, 4) is 0 Å². The number of primary amides is 1. The summed E-state index contributed by atoms with van der Waals surface area (Å²) in [6.07, 6.45) is 3.62. The van der Waals surface area contributed by atoms with Gasteiger partial charge in [-0.15, -0.1) is 0 Å². The maximum atomic E-state index is 11.0. The number of esters is 1. The molecule has 0 saturated carbocycles. The molecule has 0 unspecified atom stereocenters. The standard InChI is InChI=1S/C9H14N4O2.C4H8O2/c10-8-7(9(11)14)5-12-13(8)6-1-3-15-4-2-6;1-3-4(5)6-2/h5-6H,1-4,10H2,(H2,11,14);3H2,1-2H3. The molecule has 21 heavy (non-hydrogen) atoms. The molecule has 8 nitrogen and oxygen atoms in total. The van der Waals surface area contributed by atoms with E-state index in [4.69, 9.17) is 16.2 Å². The van der Waals surface area contributed by atoms with E-state index in [9.17, 15) is 9.59 Å². The molecule has 118 valence electrons. The minimum atomic E-state index is -0.536. The van der Waals surface area contributed by atoms with Gasteiger partial charge in [0, 0.05) is 19.6 Å². The number of rotatable bonds is 3. The number of nitrogen functional groups attached to an aromatic ring is 1. The Hall–Kier alpha value is -2.09. The van der Waals surface area contributed by atoms with E-state index in [1.165, 1.54) is 13.3 Å². The molecule has 4 N–H and O–H groups in total. The summed E-state index contributed by atoms with van der Waals surface area (Å²) in [6.45, 7) is 3.16. The van der Waals surface area contributed by atoms with Crippen LogP contribution in [-0.2, 0) is 14.3 Å². The van der Waals surface area contributed by atoms with Crippen LogP contribution in [0.1, 0.15) is 42.6 Å². The van der Waals surface area contributed by atoms with Gasteiger partial charge in [0.25, 0.3) is 5.91 Å². The molecule has 0 aliphatic carbocycles. The van der Waals surface area contributed by atoms with Gasteiger partial charge in [0.15, 0.2) is 0 Å². The predicted octanol–water partition coefficient (Wildman–Crippen LogP) is 0.485. The first-order chi connectivity index (χ1) is 10.0. The number of anilines is 1. The number of carbonyl (C=O) groups excluding carboxylic acids is 2. The molecule has 0 spiro atoms. The van der Waals surface area contributed by atoms with Gasteiger partial charge < -0.3 is 20.9 Å². The first-order valence-electron chi connectivity index (χ1n) is 6.78. The Morgan fingerprint density at radius 1 is 1.48 bits per heavy atom. The van der Waals surface area contributed by atoms with Crippen LogP contribution in [0.5, 0.6) is 0 Å². The molecule has 0 bridgehead atoms. The fraction of sp³-hybridized carbons (Fsp3) is 0.615. The zero-order chi connectivity index (χ0) is 15.8. The van der Waals surface area contributed by atoms with E-state index >= 15 is 0 Å². The second-order valence-corrected chi connectivity index (χ2v) is 4.53. The van der Waals surface area contributed by atoms with Crippen LogP contribution in [0.25, 0.3) is 0 Å². The van der Waals surface area contributed by atoms with Crippen LogP contribution in [-0.4, -0.2) is 42.0 Å². The van der Waals surface area contributed by atoms with E-state index in [1.54, 1.807) is 11.6 Å². The summed E-state index contributed by atoms with van der Waals surface area (Å²) >= 11 is 0. The first kappa shape index (κ1) is 17.0. The summed E-state index contributed by atoms with van der Waals surface area (Å²) in [5, 5.41) is 4.10. The molecule has 2 heterocycles. The van der Waals surface area contributed by atoms with Gasteiger partial charge in [-0.25, -0.2) is 4.68 Å². The Morgan fingerprint density at radius 3 is 2.48 bits per heavy atom. The second kappa shape index (κ2) is 8.25. The molecular formula is C13H22N4O4. The summed E-state index contributed by atoms with van der Waals surface area (Å²) in [5.41, 5.74) is 11.2. The zero-order valence-corrected chi connectivity index (χ0v) is 12.4. The summed E-state index contributed by atoms with van der Waals surface area (Å²) in [4.78, 5) is 20.9. The van der Waals surface area contributed by atoms with Crippen molar-refractivity contribution in [2.75, 3.05) is 26.1 Å².